The lowest BCUT2D eigenvalue weighted by molar-refractivity contribution is -0.130. The average Bonchev–Trinajstić information content (AvgIpc) is 3.32. The predicted octanol–water partition coefficient (Wildman–Crippen LogP) is 1.73. The molecule has 3 amide bonds. The lowest BCUT2D eigenvalue weighted by Gasteiger charge is -2.23. The Morgan fingerprint density at radius 1 is 1.08 bits per heavy atom. The Hall–Kier alpha value is -4.09. The maximum atomic E-state index is 13.4. The molecule has 2 aromatic carbocycles. The number of nitrogens with one attached hydrogen (secondary N) is 3. The molecule has 3 rings (SSSR count). The largest absolute Gasteiger partial charge is 0.374 e. The number of carbonyl (C=O) groups excluding carboxylic acids is 3. The Labute approximate surface area is 214 Å². The van der Waals surface area contributed by atoms with Crippen molar-refractivity contribution in [1.82, 2.24) is 20.2 Å². The van der Waals surface area contributed by atoms with E-state index in [4.69, 9.17) is 10.5 Å². The van der Waals surface area contributed by atoms with Gasteiger partial charge < -0.3 is 31.0 Å². The van der Waals surface area contributed by atoms with Crippen molar-refractivity contribution in [2.45, 2.75) is 38.1 Å². The van der Waals surface area contributed by atoms with Crippen LogP contribution in [0.15, 0.2) is 67.1 Å². The Morgan fingerprint density at radius 2 is 1.76 bits per heavy atom. The maximum absolute atomic E-state index is 13.4. The van der Waals surface area contributed by atoms with Crippen molar-refractivity contribution >= 4 is 23.5 Å². The molecule has 0 aliphatic rings. The van der Waals surface area contributed by atoms with Gasteiger partial charge in [-0.2, -0.15) is 0 Å². The van der Waals surface area contributed by atoms with Crippen molar-refractivity contribution in [2.75, 3.05) is 19.0 Å². The summed E-state index contributed by atoms with van der Waals surface area (Å²) in [7, 11) is 1.49. The first-order valence-corrected chi connectivity index (χ1v) is 11.6. The smallest absolute Gasteiger partial charge is 0.250 e. The molecule has 0 aliphatic heterocycles. The molecule has 0 saturated heterocycles. The molecule has 1 heterocycles. The van der Waals surface area contributed by atoms with Crippen LogP contribution >= 0.6 is 0 Å². The van der Waals surface area contributed by atoms with Crippen LogP contribution in [0.5, 0.6) is 0 Å². The quantitative estimate of drug-likeness (QED) is 0.310. The van der Waals surface area contributed by atoms with Gasteiger partial charge in [0.05, 0.1) is 25.1 Å². The number of aromatic nitrogens is 2. The van der Waals surface area contributed by atoms with Crippen LogP contribution in [0.1, 0.15) is 31.0 Å². The fraction of sp³-hybridized carbons (Fsp3) is 0.308. The van der Waals surface area contributed by atoms with Gasteiger partial charge in [-0.15, -0.1) is 0 Å². The van der Waals surface area contributed by atoms with E-state index in [1.54, 1.807) is 0 Å². The van der Waals surface area contributed by atoms with Crippen LogP contribution in [-0.2, 0) is 25.7 Å². The highest BCUT2D eigenvalue weighted by Gasteiger charge is 2.29. The van der Waals surface area contributed by atoms with Gasteiger partial charge in [0.2, 0.25) is 11.8 Å². The average molecular weight is 511 g/mol. The lowest BCUT2D eigenvalue weighted by Crippen LogP contribution is -2.56. The molecule has 0 aliphatic carbocycles. The number of hydrogen-bond donors (Lipinski definition) is 4. The maximum Gasteiger partial charge on any atom is 0.250 e. The van der Waals surface area contributed by atoms with Crippen LogP contribution in [-0.4, -0.2) is 52.5 Å². The van der Waals surface area contributed by atoms with Crippen LogP contribution in [0.25, 0.3) is 0 Å². The molecule has 196 valence electrons. The molecule has 37 heavy (non-hydrogen) atoms. The fourth-order valence-corrected chi connectivity index (χ4v) is 3.39. The number of nitrogens with zero attached hydrogens (tertiary/aromatic N) is 2. The zero-order valence-corrected chi connectivity index (χ0v) is 20.9. The van der Waals surface area contributed by atoms with E-state index in [9.17, 15) is 18.8 Å². The minimum Gasteiger partial charge on any atom is -0.374 e. The summed E-state index contributed by atoms with van der Waals surface area (Å²) in [5.41, 5.74) is 6.11. The van der Waals surface area contributed by atoms with Crippen LogP contribution in [0, 0.1) is 5.82 Å². The monoisotopic (exact) mass is 510 g/mol. The van der Waals surface area contributed by atoms with Crippen LogP contribution in [0.3, 0.4) is 0 Å². The number of hydrogen-bond acceptors (Lipinski definition) is 6. The van der Waals surface area contributed by atoms with Crippen molar-refractivity contribution < 1.29 is 23.5 Å². The summed E-state index contributed by atoms with van der Waals surface area (Å²) in [5, 5.41) is 7.83. The molecule has 0 saturated carbocycles. The van der Waals surface area contributed by atoms with E-state index in [1.165, 1.54) is 62.3 Å². The van der Waals surface area contributed by atoms with Crippen LogP contribution in [0.4, 0.5) is 10.2 Å². The summed E-state index contributed by atoms with van der Waals surface area (Å²) in [4.78, 5) is 42.3. The SMILES string of the molecule is CNC(=O)C(c1ccc(F)cc1)n1cnc(NC(=O)[C@@H](COCc2ccccc2)NC(=O)C(C)(C)N)c1. The van der Waals surface area contributed by atoms with E-state index in [0.717, 1.165) is 5.56 Å². The van der Waals surface area contributed by atoms with Gasteiger partial charge in [0.25, 0.3) is 5.91 Å². The van der Waals surface area contributed by atoms with Gasteiger partial charge in [0.15, 0.2) is 5.82 Å². The van der Waals surface area contributed by atoms with Crippen molar-refractivity contribution in [3.05, 3.63) is 84.1 Å². The van der Waals surface area contributed by atoms with Crippen molar-refractivity contribution in [1.29, 1.82) is 0 Å². The number of ether oxygens (including phenoxy) is 1. The summed E-state index contributed by atoms with van der Waals surface area (Å²) >= 11 is 0. The van der Waals surface area contributed by atoms with Gasteiger partial charge >= 0.3 is 0 Å². The molecule has 11 heteroatoms. The topological polar surface area (TPSA) is 140 Å². The zero-order chi connectivity index (χ0) is 27.0. The molecule has 10 nitrogen and oxygen atoms in total. The standard InChI is InChI=1S/C26H31FN6O4/c1-26(2,28)25(36)31-20(15-37-14-17-7-5-4-6-8-17)23(34)32-21-13-33(16-30-21)22(24(35)29-3)18-9-11-19(27)12-10-18/h4-13,16,20,22H,14-15,28H2,1-3H3,(H,29,35)(H,31,36)(H,32,34)/t20-,22?/m1/s1. The molecular weight excluding hydrogens is 479 g/mol. The molecule has 0 fully saturated rings. The minimum absolute atomic E-state index is 0.111. The third kappa shape index (κ3) is 7.69. The number of carbonyl (C=O) groups is 3. The van der Waals surface area contributed by atoms with Gasteiger partial charge in [-0.05, 0) is 37.1 Å². The van der Waals surface area contributed by atoms with E-state index < -0.39 is 35.3 Å². The first-order valence-electron chi connectivity index (χ1n) is 11.6. The number of rotatable bonds is 11. The van der Waals surface area contributed by atoms with E-state index >= 15 is 0 Å². The van der Waals surface area contributed by atoms with Crippen LogP contribution in [0.2, 0.25) is 0 Å². The van der Waals surface area contributed by atoms with Gasteiger partial charge in [-0.25, -0.2) is 9.37 Å². The minimum atomic E-state index is -1.21. The van der Waals surface area contributed by atoms with Gasteiger partial charge in [0, 0.05) is 13.2 Å². The number of amides is 3. The number of halogens is 1. The molecule has 0 radical (unpaired) electrons. The first kappa shape index (κ1) is 27.5. The Morgan fingerprint density at radius 3 is 2.38 bits per heavy atom. The van der Waals surface area contributed by atoms with Crippen molar-refractivity contribution in [3.8, 4) is 0 Å². The van der Waals surface area contributed by atoms with E-state index in [-0.39, 0.29) is 24.9 Å². The molecule has 0 bridgehead atoms. The molecule has 0 spiro atoms. The third-order valence-electron chi connectivity index (χ3n) is 5.43. The number of nitrogens with two attached hydrogens (primary N) is 1. The van der Waals surface area contributed by atoms with Crippen LogP contribution < -0.4 is 21.7 Å². The Kier molecular flexibility index (Phi) is 9.10. The number of anilines is 1. The lowest BCUT2D eigenvalue weighted by atomic mass is 10.1. The summed E-state index contributed by atoms with van der Waals surface area (Å²) in [5.74, 6) is -1.74. The second-order valence-corrected chi connectivity index (χ2v) is 9.01. The van der Waals surface area contributed by atoms with Crippen molar-refractivity contribution in [2.24, 2.45) is 5.73 Å². The summed E-state index contributed by atoms with van der Waals surface area (Å²) in [6.45, 7) is 3.18. The zero-order valence-electron chi connectivity index (χ0n) is 20.9. The van der Waals surface area contributed by atoms with Gasteiger partial charge in [-0.3, -0.25) is 14.4 Å². The van der Waals surface area contributed by atoms with Crippen molar-refractivity contribution in [3.63, 3.8) is 0 Å². The Bertz CT molecular complexity index is 1210. The highest BCUT2D eigenvalue weighted by atomic mass is 19.1. The molecule has 1 aromatic heterocycles. The fourth-order valence-electron chi connectivity index (χ4n) is 3.39. The molecule has 3 aromatic rings. The summed E-state index contributed by atoms with van der Waals surface area (Å²) in [6.07, 6.45) is 2.85. The highest BCUT2D eigenvalue weighted by Crippen LogP contribution is 2.21. The summed E-state index contributed by atoms with van der Waals surface area (Å²) in [6, 6.07) is 13.0. The van der Waals surface area contributed by atoms with E-state index in [1.807, 2.05) is 30.3 Å². The molecule has 1 unspecified atom stereocenters. The normalized spacial score (nSPS) is 12.9. The molecule has 2 atom stereocenters. The van der Waals surface area contributed by atoms with Gasteiger partial charge in [-0.1, -0.05) is 42.5 Å². The highest BCUT2D eigenvalue weighted by molar-refractivity contribution is 5.98. The second-order valence-electron chi connectivity index (χ2n) is 9.01. The van der Waals surface area contributed by atoms with E-state index in [0.29, 0.717) is 5.56 Å². The summed E-state index contributed by atoms with van der Waals surface area (Å²) < 4.78 is 20.6. The second kappa shape index (κ2) is 12.2. The number of likely N-dealkylation sites (N-methyl/N-ethyl adjacent to an activating group) is 1. The Balaban J connectivity index is 1.74. The number of imidazole rings is 1. The first-order chi connectivity index (χ1) is 17.6. The molecule has 5 N–H and O–H groups in total. The number of benzene rings is 2. The predicted molar refractivity (Wildman–Crippen MR) is 136 cm³/mol. The van der Waals surface area contributed by atoms with E-state index in [2.05, 4.69) is 20.9 Å². The third-order valence-corrected chi connectivity index (χ3v) is 5.43. The molecular formula is C26H31FN6O4. The van der Waals surface area contributed by atoms with Gasteiger partial charge in [0.1, 0.15) is 17.9 Å².